The van der Waals surface area contributed by atoms with Crippen LogP contribution in [0.15, 0.2) is 47.5 Å². The number of pyridine rings is 1. The third kappa shape index (κ3) is 4.17. The zero-order valence-electron chi connectivity index (χ0n) is 11.0. The van der Waals surface area contributed by atoms with Gasteiger partial charge in [-0.25, -0.2) is 13.4 Å². The predicted octanol–water partition coefficient (Wildman–Crippen LogP) is 2.49. The molecule has 0 radical (unpaired) electrons. The zero-order chi connectivity index (χ0) is 15.5. The average Bonchev–Trinajstić information content (AvgIpc) is 2.37. The van der Waals surface area contributed by atoms with E-state index in [2.05, 4.69) is 15.0 Å². The summed E-state index contributed by atoms with van der Waals surface area (Å²) >= 11 is 5.69. The van der Waals surface area contributed by atoms with Crippen molar-refractivity contribution in [3.63, 3.8) is 0 Å². The fraction of sp³-hybridized carbons (Fsp3) is 0.0769. The van der Waals surface area contributed by atoms with Gasteiger partial charge in [0.2, 0.25) is 5.91 Å². The fourth-order valence-electron chi connectivity index (χ4n) is 1.63. The topological polar surface area (TPSA) is 88.2 Å². The molecule has 1 amide bonds. The summed E-state index contributed by atoms with van der Waals surface area (Å²) in [4.78, 5) is 14.7. The maximum atomic E-state index is 12.2. The molecule has 0 saturated carbocycles. The van der Waals surface area contributed by atoms with Crippen LogP contribution in [0.1, 0.15) is 6.92 Å². The summed E-state index contributed by atoms with van der Waals surface area (Å²) in [5, 5.41) is 2.66. The van der Waals surface area contributed by atoms with Crippen LogP contribution in [0.3, 0.4) is 0 Å². The van der Waals surface area contributed by atoms with E-state index in [1.165, 1.54) is 31.3 Å². The number of anilines is 2. The first-order valence-electron chi connectivity index (χ1n) is 5.89. The number of amides is 1. The van der Waals surface area contributed by atoms with Crippen molar-refractivity contribution in [2.45, 2.75) is 11.8 Å². The van der Waals surface area contributed by atoms with Gasteiger partial charge in [-0.15, -0.1) is 0 Å². The van der Waals surface area contributed by atoms with Crippen LogP contribution < -0.4 is 10.0 Å². The van der Waals surface area contributed by atoms with Crippen LogP contribution in [0, 0.1) is 0 Å². The van der Waals surface area contributed by atoms with E-state index in [-0.39, 0.29) is 16.0 Å². The molecule has 0 atom stereocenters. The summed E-state index contributed by atoms with van der Waals surface area (Å²) < 4.78 is 26.8. The fourth-order valence-corrected chi connectivity index (χ4v) is 2.93. The summed E-state index contributed by atoms with van der Waals surface area (Å²) in [6, 6.07) is 8.96. The first kappa shape index (κ1) is 15.3. The Morgan fingerprint density at radius 2 is 1.90 bits per heavy atom. The van der Waals surface area contributed by atoms with E-state index >= 15 is 0 Å². The summed E-state index contributed by atoms with van der Waals surface area (Å²) in [5.74, 6) is -0.240. The second-order valence-electron chi connectivity index (χ2n) is 4.18. The molecule has 1 heterocycles. The van der Waals surface area contributed by atoms with Gasteiger partial charge in [-0.1, -0.05) is 17.7 Å². The number of nitrogens with one attached hydrogen (secondary N) is 2. The molecule has 8 heteroatoms. The van der Waals surface area contributed by atoms with Crippen LogP contribution in [0.4, 0.5) is 11.4 Å². The third-order valence-electron chi connectivity index (χ3n) is 2.44. The molecule has 2 N–H and O–H groups in total. The summed E-state index contributed by atoms with van der Waals surface area (Å²) in [6.07, 6.45) is 1.31. The van der Waals surface area contributed by atoms with Crippen molar-refractivity contribution < 1.29 is 13.2 Å². The molecular formula is C13H12ClN3O3S. The SMILES string of the molecule is CC(=O)Nc1cccc(NS(=O)(=O)c2ccnc(Cl)c2)c1. The van der Waals surface area contributed by atoms with Crippen LogP contribution in [-0.4, -0.2) is 19.3 Å². The minimum atomic E-state index is -3.77. The van der Waals surface area contributed by atoms with Gasteiger partial charge in [0.15, 0.2) is 0 Å². The molecule has 0 aliphatic rings. The van der Waals surface area contributed by atoms with Crippen molar-refractivity contribution in [3.05, 3.63) is 47.7 Å². The monoisotopic (exact) mass is 325 g/mol. The minimum absolute atomic E-state index is 0.00688. The van der Waals surface area contributed by atoms with Gasteiger partial charge in [-0.2, -0.15) is 0 Å². The van der Waals surface area contributed by atoms with E-state index in [1.54, 1.807) is 18.2 Å². The van der Waals surface area contributed by atoms with Gasteiger partial charge in [0.1, 0.15) is 5.15 Å². The third-order valence-corrected chi connectivity index (χ3v) is 4.03. The molecule has 0 aliphatic carbocycles. The number of halogens is 1. The Labute approximate surface area is 127 Å². The average molecular weight is 326 g/mol. The summed E-state index contributed by atoms with van der Waals surface area (Å²) in [6.45, 7) is 1.37. The highest BCUT2D eigenvalue weighted by Crippen LogP contribution is 2.20. The number of rotatable bonds is 4. The van der Waals surface area contributed by atoms with Crippen molar-refractivity contribution in [1.29, 1.82) is 0 Å². The van der Waals surface area contributed by atoms with E-state index < -0.39 is 10.0 Å². The lowest BCUT2D eigenvalue weighted by atomic mass is 10.3. The lowest BCUT2D eigenvalue weighted by molar-refractivity contribution is -0.114. The van der Waals surface area contributed by atoms with Crippen molar-refractivity contribution in [3.8, 4) is 0 Å². The van der Waals surface area contributed by atoms with Crippen LogP contribution in [-0.2, 0) is 14.8 Å². The molecule has 110 valence electrons. The number of hydrogen-bond donors (Lipinski definition) is 2. The maximum absolute atomic E-state index is 12.2. The molecule has 2 aromatic rings. The second-order valence-corrected chi connectivity index (χ2v) is 6.25. The van der Waals surface area contributed by atoms with Gasteiger partial charge in [0.05, 0.1) is 10.6 Å². The molecule has 21 heavy (non-hydrogen) atoms. The van der Waals surface area contributed by atoms with Gasteiger partial charge >= 0.3 is 0 Å². The molecule has 1 aromatic heterocycles. The lowest BCUT2D eigenvalue weighted by Gasteiger charge is -2.09. The van der Waals surface area contributed by atoms with E-state index in [4.69, 9.17) is 11.6 Å². The summed E-state index contributed by atoms with van der Waals surface area (Å²) in [5.41, 5.74) is 0.824. The number of hydrogen-bond acceptors (Lipinski definition) is 4. The Balaban J connectivity index is 2.26. The van der Waals surface area contributed by atoms with Gasteiger partial charge in [0, 0.05) is 18.8 Å². The molecule has 0 aliphatic heterocycles. The number of carbonyl (C=O) groups is 1. The molecule has 0 saturated heterocycles. The largest absolute Gasteiger partial charge is 0.326 e. The number of benzene rings is 1. The molecule has 0 spiro atoms. The van der Waals surface area contributed by atoms with E-state index in [9.17, 15) is 13.2 Å². The molecule has 0 bridgehead atoms. The number of nitrogens with zero attached hydrogens (tertiary/aromatic N) is 1. The van der Waals surface area contributed by atoms with Crippen LogP contribution in [0.5, 0.6) is 0 Å². The van der Waals surface area contributed by atoms with Crippen molar-refractivity contribution >= 4 is 38.9 Å². The second kappa shape index (κ2) is 6.11. The van der Waals surface area contributed by atoms with E-state index in [0.717, 1.165) is 0 Å². The Bertz CT molecular complexity index is 778. The number of sulfonamides is 1. The molecule has 1 aromatic carbocycles. The normalized spacial score (nSPS) is 11.0. The number of aromatic nitrogens is 1. The highest BCUT2D eigenvalue weighted by Gasteiger charge is 2.15. The highest BCUT2D eigenvalue weighted by atomic mass is 35.5. The predicted molar refractivity (Wildman–Crippen MR) is 80.8 cm³/mol. The lowest BCUT2D eigenvalue weighted by Crippen LogP contribution is -2.13. The van der Waals surface area contributed by atoms with Crippen LogP contribution in [0.2, 0.25) is 5.15 Å². The first-order valence-corrected chi connectivity index (χ1v) is 7.75. The maximum Gasteiger partial charge on any atom is 0.262 e. The molecule has 0 fully saturated rings. The first-order chi connectivity index (χ1) is 9.87. The van der Waals surface area contributed by atoms with Gasteiger partial charge < -0.3 is 5.32 Å². The molecule has 0 unspecified atom stereocenters. The molecule has 6 nitrogen and oxygen atoms in total. The minimum Gasteiger partial charge on any atom is -0.326 e. The quantitative estimate of drug-likeness (QED) is 0.845. The van der Waals surface area contributed by atoms with Crippen molar-refractivity contribution in [2.75, 3.05) is 10.0 Å². The Morgan fingerprint density at radius 3 is 2.57 bits per heavy atom. The smallest absolute Gasteiger partial charge is 0.262 e. The molecular weight excluding hydrogens is 314 g/mol. The van der Waals surface area contributed by atoms with Gasteiger partial charge in [-0.05, 0) is 30.3 Å². The Morgan fingerprint density at radius 1 is 1.19 bits per heavy atom. The van der Waals surface area contributed by atoms with Crippen molar-refractivity contribution in [1.82, 2.24) is 4.98 Å². The Kier molecular flexibility index (Phi) is 4.44. The number of carbonyl (C=O) groups excluding carboxylic acids is 1. The van der Waals surface area contributed by atoms with E-state index in [0.29, 0.717) is 11.4 Å². The summed E-state index contributed by atoms with van der Waals surface area (Å²) in [7, 11) is -3.77. The van der Waals surface area contributed by atoms with Crippen molar-refractivity contribution in [2.24, 2.45) is 0 Å². The van der Waals surface area contributed by atoms with Crippen LogP contribution in [0.25, 0.3) is 0 Å². The van der Waals surface area contributed by atoms with Crippen LogP contribution >= 0.6 is 11.6 Å². The van der Waals surface area contributed by atoms with E-state index in [1.807, 2.05) is 0 Å². The molecule has 2 rings (SSSR count). The Hall–Kier alpha value is -2.12. The van der Waals surface area contributed by atoms with Gasteiger partial charge in [0.25, 0.3) is 10.0 Å². The zero-order valence-corrected chi connectivity index (χ0v) is 12.6. The van der Waals surface area contributed by atoms with Gasteiger partial charge in [-0.3, -0.25) is 9.52 Å². The highest BCUT2D eigenvalue weighted by molar-refractivity contribution is 7.92. The standard InChI is InChI=1S/C13H12ClN3O3S/c1-9(18)16-10-3-2-4-11(7-10)17-21(19,20)12-5-6-15-13(14)8-12/h2-8,17H,1H3,(H,16,18).